The smallest absolute Gasteiger partial charge is 0.251 e. The summed E-state index contributed by atoms with van der Waals surface area (Å²) in [4.78, 5) is 25.7. The Balaban J connectivity index is 2.50. The lowest BCUT2D eigenvalue weighted by atomic mass is 10.2. The molecule has 0 saturated heterocycles. The molecule has 1 aromatic carbocycles. The van der Waals surface area contributed by atoms with Crippen LogP contribution in [-0.4, -0.2) is 36.3 Å². The third-order valence-electron chi connectivity index (χ3n) is 2.85. The molecule has 1 aromatic rings. The molecule has 0 unspecified atom stereocenters. The van der Waals surface area contributed by atoms with E-state index in [9.17, 15) is 9.59 Å². The van der Waals surface area contributed by atoms with E-state index in [0.717, 1.165) is 30.4 Å². The molecule has 0 heterocycles. The molecule has 0 aliphatic rings. The Morgan fingerprint density at radius 2 is 1.65 bits per heavy atom. The summed E-state index contributed by atoms with van der Waals surface area (Å²) in [7, 11) is 0. The summed E-state index contributed by atoms with van der Waals surface area (Å²) in [5, 5.41) is 2.67. The molecular formula is C15H21BrN2O2. The first-order valence-corrected chi connectivity index (χ1v) is 7.69. The molecule has 1 rings (SSSR count). The molecule has 5 heteroatoms. The Morgan fingerprint density at radius 1 is 1.10 bits per heavy atom. The number of hydrogen-bond acceptors (Lipinski definition) is 2. The summed E-state index contributed by atoms with van der Waals surface area (Å²) in [5.74, 6) is -0.252. The maximum Gasteiger partial charge on any atom is 0.251 e. The predicted molar refractivity (Wildman–Crippen MR) is 83.6 cm³/mol. The summed E-state index contributed by atoms with van der Waals surface area (Å²) in [5.41, 5.74) is 0.554. The van der Waals surface area contributed by atoms with E-state index in [-0.39, 0.29) is 18.4 Å². The van der Waals surface area contributed by atoms with Gasteiger partial charge < -0.3 is 10.2 Å². The van der Waals surface area contributed by atoms with Crippen molar-refractivity contribution in [2.24, 2.45) is 0 Å². The summed E-state index contributed by atoms with van der Waals surface area (Å²) in [6, 6.07) is 7.05. The molecule has 0 aliphatic heterocycles. The van der Waals surface area contributed by atoms with Crippen molar-refractivity contribution in [2.45, 2.75) is 26.7 Å². The second kappa shape index (κ2) is 8.74. The van der Waals surface area contributed by atoms with Crippen LogP contribution in [0.3, 0.4) is 0 Å². The molecule has 20 heavy (non-hydrogen) atoms. The van der Waals surface area contributed by atoms with Crippen molar-refractivity contribution in [2.75, 3.05) is 19.6 Å². The van der Waals surface area contributed by atoms with Gasteiger partial charge in [0.05, 0.1) is 6.54 Å². The molecule has 0 spiro atoms. The van der Waals surface area contributed by atoms with Gasteiger partial charge in [-0.1, -0.05) is 29.8 Å². The van der Waals surface area contributed by atoms with Crippen LogP contribution in [0, 0.1) is 0 Å². The number of rotatable bonds is 7. The van der Waals surface area contributed by atoms with Gasteiger partial charge in [0, 0.05) is 23.1 Å². The highest BCUT2D eigenvalue weighted by atomic mass is 79.9. The molecule has 0 aliphatic carbocycles. The van der Waals surface area contributed by atoms with Gasteiger partial charge in [-0.15, -0.1) is 0 Å². The third kappa shape index (κ3) is 5.33. The van der Waals surface area contributed by atoms with Gasteiger partial charge in [0.15, 0.2) is 0 Å². The fourth-order valence-corrected chi connectivity index (χ4v) is 2.14. The number of halogens is 1. The highest BCUT2D eigenvalue weighted by Crippen LogP contribution is 2.10. The summed E-state index contributed by atoms with van der Waals surface area (Å²) in [6.07, 6.45) is 1.85. The van der Waals surface area contributed by atoms with Crippen LogP contribution in [0.2, 0.25) is 0 Å². The predicted octanol–water partition coefficient (Wildman–Crippen LogP) is 2.83. The number of amides is 2. The van der Waals surface area contributed by atoms with Crippen molar-refractivity contribution >= 4 is 27.7 Å². The van der Waals surface area contributed by atoms with E-state index in [0.29, 0.717) is 5.56 Å². The van der Waals surface area contributed by atoms with Gasteiger partial charge in [-0.2, -0.15) is 0 Å². The summed E-state index contributed by atoms with van der Waals surface area (Å²) >= 11 is 3.32. The van der Waals surface area contributed by atoms with Gasteiger partial charge in [0.2, 0.25) is 5.91 Å². The van der Waals surface area contributed by atoms with Gasteiger partial charge in [-0.05, 0) is 37.1 Å². The molecular weight excluding hydrogens is 320 g/mol. The molecule has 0 radical (unpaired) electrons. The average molecular weight is 341 g/mol. The van der Waals surface area contributed by atoms with Crippen LogP contribution in [0.15, 0.2) is 28.7 Å². The average Bonchev–Trinajstić information content (AvgIpc) is 2.45. The van der Waals surface area contributed by atoms with Crippen molar-refractivity contribution < 1.29 is 9.59 Å². The minimum Gasteiger partial charge on any atom is -0.343 e. The lowest BCUT2D eigenvalue weighted by Crippen LogP contribution is -2.40. The van der Waals surface area contributed by atoms with E-state index in [1.807, 2.05) is 13.8 Å². The van der Waals surface area contributed by atoms with E-state index in [1.165, 1.54) is 0 Å². The van der Waals surface area contributed by atoms with Crippen LogP contribution in [0.1, 0.15) is 37.0 Å². The Kier molecular flexibility index (Phi) is 7.30. The third-order valence-corrected chi connectivity index (χ3v) is 3.38. The molecule has 0 saturated carbocycles. The lowest BCUT2D eigenvalue weighted by Gasteiger charge is -2.21. The first kappa shape index (κ1) is 16.7. The standard InChI is InChI=1S/C15H21BrN2O2/c1-3-9-18(10-4-2)14(19)11-17-15(20)12-5-7-13(16)8-6-12/h5-8H,3-4,9-11H2,1-2H3,(H,17,20). The molecule has 110 valence electrons. The topological polar surface area (TPSA) is 49.4 Å². The van der Waals surface area contributed by atoms with Gasteiger partial charge >= 0.3 is 0 Å². The fraction of sp³-hybridized carbons (Fsp3) is 0.467. The number of hydrogen-bond donors (Lipinski definition) is 1. The van der Waals surface area contributed by atoms with Gasteiger partial charge in [0.1, 0.15) is 0 Å². The summed E-state index contributed by atoms with van der Waals surface area (Å²) in [6.45, 7) is 5.60. The van der Waals surface area contributed by atoms with Crippen molar-refractivity contribution in [3.05, 3.63) is 34.3 Å². The minimum absolute atomic E-state index is 0.0286. The van der Waals surface area contributed by atoms with Crippen molar-refractivity contribution in [1.29, 1.82) is 0 Å². The number of benzene rings is 1. The molecule has 0 fully saturated rings. The van der Waals surface area contributed by atoms with Crippen molar-refractivity contribution in [3.63, 3.8) is 0 Å². The quantitative estimate of drug-likeness (QED) is 0.829. The first-order valence-electron chi connectivity index (χ1n) is 6.90. The van der Waals surface area contributed by atoms with E-state index in [1.54, 1.807) is 29.2 Å². The van der Waals surface area contributed by atoms with Gasteiger partial charge in [-0.3, -0.25) is 9.59 Å². The zero-order valence-corrected chi connectivity index (χ0v) is 13.6. The van der Waals surface area contributed by atoms with Crippen LogP contribution in [-0.2, 0) is 4.79 Å². The summed E-state index contributed by atoms with van der Waals surface area (Å²) < 4.78 is 0.919. The van der Waals surface area contributed by atoms with E-state index in [2.05, 4.69) is 21.2 Å². The highest BCUT2D eigenvalue weighted by molar-refractivity contribution is 9.10. The van der Waals surface area contributed by atoms with Crippen LogP contribution in [0.4, 0.5) is 0 Å². The van der Waals surface area contributed by atoms with E-state index >= 15 is 0 Å². The maximum absolute atomic E-state index is 12.0. The fourth-order valence-electron chi connectivity index (χ4n) is 1.87. The van der Waals surface area contributed by atoms with Crippen LogP contribution in [0.25, 0.3) is 0 Å². The zero-order chi connectivity index (χ0) is 15.0. The van der Waals surface area contributed by atoms with Crippen LogP contribution < -0.4 is 5.32 Å². The second-order valence-electron chi connectivity index (χ2n) is 4.57. The largest absolute Gasteiger partial charge is 0.343 e. The highest BCUT2D eigenvalue weighted by Gasteiger charge is 2.13. The molecule has 4 nitrogen and oxygen atoms in total. The van der Waals surface area contributed by atoms with Crippen molar-refractivity contribution in [1.82, 2.24) is 10.2 Å². The zero-order valence-electron chi connectivity index (χ0n) is 12.0. The van der Waals surface area contributed by atoms with Crippen LogP contribution in [0.5, 0.6) is 0 Å². The van der Waals surface area contributed by atoms with Gasteiger partial charge in [-0.25, -0.2) is 0 Å². The van der Waals surface area contributed by atoms with E-state index < -0.39 is 0 Å². The minimum atomic E-state index is -0.223. The molecule has 2 amide bonds. The number of nitrogens with one attached hydrogen (secondary N) is 1. The first-order chi connectivity index (χ1) is 9.58. The Morgan fingerprint density at radius 3 is 2.15 bits per heavy atom. The monoisotopic (exact) mass is 340 g/mol. The molecule has 1 N–H and O–H groups in total. The Bertz CT molecular complexity index is 440. The second-order valence-corrected chi connectivity index (χ2v) is 5.49. The Hall–Kier alpha value is -1.36. The van der Waals surface area contributed by atoms with Gasteiger partial charge in [0.25, 0.3) is 5.91 Å². The molecule has 0 aromatic heterocycles. The van der Waals surface area contributed by atoms with E-state index in [4.69, 9.17) is 0 Å². The lowest BCUT2D eigenvalue weighted by molar-refractivity contribution is -0.130. The molecule has 0 atom stereocenters. The maximum atomic E-state index is 12.0. The number of carbonyl (C=O) groups is 2. The SMILES string of the molecule is CCCN(CCC)C(=O)CNC(=O)c1ccc(Br)cc1. The number of carbonyl (C=O) groups excluding carboxylic acids is 2. The normalized spacial score (nSPS) is 10.2. The van der Waals surface area contributed by atoms with Crippen LogP contribution >= 0.6 is 15.9 Å². The Labute approximate surface area is 128 Å². The molecule has 0 bridgehead atoms. The van der Waals surface area contributed by atoms with Crippen molar-refractivity contribution in [3.8, 4) is 0 Å². The number of nitrogens with zero attached hydrogens (tertiary/aromatic N) is 1.